The van der Waals surface area contributed by atoms with Crippen LogP contribution in [0, 0.1) is 12.3 Å². The van der Waals surface area contributed by atoms with Crippen molar-refractivity contribution in [3.05, 3.63) is 158 Å². The number of para-hydroxylation sites is 1. The van der Waals surface area contributed by atoms with Gasteiger partial charge in [0.2, 0.25) is 0 Å². The predicted octanol–water partition coefficient (Wildman–Crippen LogP) is 13.1. The lowest BCUT2D eigenvalue weighted by atomic mass is 9.93. The molecule has 392 valence electrons. The monoisotopic (exact) mass is 1040 g/mol. The van der Waals surface area contributed by atoms with Crippen molar-refractivity contribution in [1.82, 2.24) is 0 Å². The minimum Gasteiger partial charge on any atom is -0.396 e. The first kappa shape index (κ1) is 55.6. The van der Waals surface area contributed by atoms with Crippen molar-refractivity contribution >= 4 is 131 Å². The number of Topliss-reactive ketones (excluding diaryl/α,β-unsaturated/α-hetero) is 10. The molecular formula is C62H54N6O10. The number of ketones is 10. The van der Waals surface area contributed by atoms with Crippen LogP contribution in [-0.2, 0) is 0 Å². The van der Waals surface area contributed by atoms with Gasteiger partial charge in [-0.15, -0.1) is 6.42 Å². The fraction of sp³-hybridized carbons (Fsp3) is 0.161. The first-order valence-electron chi connectivity index (χ1n) is 24.4. The highest BCUT2D eigenvalue weighted by Crippen LogP contribution is 2.53. The third kappa shape index (κ3) is 11.3. The van der Waals surface area contributed by atoms with Crippen LogP contribution in [-0.4, -0.2) is 57.8 Å². The molecule has 0 amide bonds. The minimum absolute atomic E-state index is 0.00905. The quantitative estimate of drug-likeness (QED) is 0.0236. The molecule has 16 nitrogen and oxygen atoms in total. The van der Waals surface area contributed by atoms with Crippen molar-refractivity contribution in [2.24, 2.45) is 0 Å². The molecule has 7 rings (SSSR count). The largest absolute Gasteiger partial charge is 0.396 e. The molecule has 0 aliphatic heterocycles. The van der Waals surface area contributed by atoms with E-state index in [1.165, 1.54) is 148 Å². The van der Waals surface area contributed by atoms with Gasteiger partial charge >= 0.3 is 0 Å². The maximum Gasteiger partial charge on any atom is 0.161 e. The van der Waals surface area contributed by atoms with Gasteiger partial charge in [0.05, 0.1) is 51.1 Å². The third-order valence-corrected chi connectivity index (χ3v) is 13.1. The van der Waals surface area contributed by atoms with Gasteiger partial charge in [-0.2, -0.15) is 0 Å². The molecule has 0 fully saturated rings. The molecule has 0 saturated carbocycles. The Morgan fingerprint density at radius 3 is 1.38 bits per heavy atom. The molecule has 7 aromatic carbocycles. The van der Waals surface area contributed by atoms with Crippen LogP contribution < -0.4 is 32.3 Å². The van der Waals surface area contributed by atoms with E-state index in [2.05, 4.69) is 32.5 Å². The van der Waals surface area contributed by atoms with E-state index in [1.54, 1.807) is 18.2 Å². The van der Waals surface area contributed by atoms with Gasteiger partial charge in [-0.3, -0.25) is 47.9 Å². The Morgan fingerprint density at radius 2 is 0.859 bits per heavy atom. The van der Waals surface area contributed by atoms with Crippen LogP contribution in [0.4, 0.5) is 62.6 Å². The summed E-state index contributed by atoms with van der Waals surface area (Å²) in [6.07, 6.45) is 6.48. The first-order chi connectivity index (χ1) is 36.8. The summed E-state index contributed by atoms with van der Waals surface area (Å²) < 4.78 is 0. The molecule has 0 radical (unpaired) electrons. The molecule has 0 aliphatic carbocycles. The van der Waals surface area contributed by atoms with Gasteiger partial charge in [0.15, 0.2) is 57.8 Å². The number of nitrogen functional groups attached to an aromatic ring is 1. The van der Waals surface area contributed by atoms with Gasteiger partial charge in [0.25, 0.3) is 0 Å². The van der Waals surface area contributed by atoms with Gasteiger partial charge in [0.1, 0.15) is 0 Å². The highest BCUT2D eigenvalue weighted by Gasteiger charge is 2.29. The van der Waals surface area contributed by atoms with Crippen LogP contribution in [0.15, 0.2) is 97.1 Å². The van der Waals surface area contributed by atoms with E-state index in [4.69, 9.17) is 12.2 Å². The van der Waals surface area contributed by atoms with Crippen LogP contribution in [0.5, 0.6) is 0 Å². The maximum absolute atomic E-state index is 13.7. The molecule has 0 atom stereocenters. The fourth-order valence-electron chi connectivity index (χ4n) is 9.06. The van der Waals surface area contributed by atoms with E-state index >= 15 is 0 Å². The van der Waals surface area contributed by atoms with Gasteiger partial charge in [-0.05, 0) is 154 Å². The van der Waals surface area contributed by atoms with Gasteiger partial charge < -0.3 is 32.3 Å². The molecule has 0 heterocycles. The summed E-state index contributed by atoms with van der Waals surface area (Å²) in [4.78, 5) is 132. The summed E-state index contributed by atoms with van der Waals surface area (Å²) in [6, 6.07) is 24.0. The van der Waals surface area contributed by atoms with Crippen LogP contribution in [0.1, 0.15) is 178 Å². The Bertz CT molecular complexity index is 3830. The van der Waals surface area contributed by atoms with Crippen LogP contribution in [0.25, 0.3) is 10.8 Å². The first-order valence-corrected chi connectivity index (χ1v) is 24.4. The zero-order chi connectivity index (χ0) is 57.2. The van der Waals surface area contributed by atoms with Crippen LogP contribution in [0.2, 0.25) is 0 Å². The van der Waals surface area contributed by atoms with E-state index in [1.807, 2.05) is 0 Å². The average molecular weight is 1040 g/mol. The lowest BCUT2D eigenvalue weighted by Gasteiger charge is -2.28. The highest BCUT2D eigenvalue weighted by molar-refractivity contribution is 6.23. The minimum atomic E-state index is -0.457. The maximum atomic E-state index is 13.7. The second kappa shape index (κ2) is 22.4. The van der Waals surface area contributed by atoms with Crippen molar-refractivity contribution in [3.63, 3.8) is 0 Å². The van der Waals surface area contributed by atoms with Crippen molar-refractivity contribution in [2.45, 2.75) is 69.2 Å². The molecule has 0 aliphatic rings. The second-order valence-electron chi connectivity index (χ2n) is 18.8. The molecule has 0 bridgehead atoms. The van der Waals surface area contributed by atoms with Gasteiger partial charge in [-0.1, -0.05) is 18.1 Å². The van der Waals surface area contributed by atoms with E-state index in [9.17, 15) is 47.9 Å². The number of nitrogens with two attached hydrogens (primary N) is 1. The van der Waals surface area contributed by atoms with E-state index in [-0.39, 0.29) is 163 Å². The van der Waals surface area contributed by atoms with Crippen molar-refractivity contribution < 1.29 is 47.9 Å². The SMILES string of the molecule is C#Cc1c(N)c(Nc2cc(C(C)=O)cc(C(C)=O)c2)c(Nc2ccc(C(C)=O)c(C(C)=O)c2)c2c(Nc3c(C(C)=O)cccc3C(C)=O)c(Nc3cc(C(C)=O)ccc3C(C)=O)c(Nc3ccc(C(C)=O)cc3C(C)=O)cc12. The van der Waals surface area contributed by atoms with E-state index in [0.29, 0.717) is 0 Å². The number of carbonyl (C=O) groups excluding carboxylic acids is 10. The number of fused-ring (bicyclic) bond motifs is 1. The number of hydrogen-bond donors (Lipinski definition) is 6. The van der Waals surface area contributed by atoms with Crippen LogP contribution >= 0.6 is 0 Å². The molecular weight excluding hydrogens is 989 g/mol. The summed E-state index contributed by atoms with van der Waals surface area (Å²) in [5.74, 6) is -1.26. The summed E-state index contributed by atoms with van der Waals surface area (Å²) in [5, 5.41) is 17.2. The van der Waals surface area contributed by atoms with Crippen LogP contribution in [0.3, 0.4) is 0 Å². The number of rotatable bonds is 20. The molecule has 0 spiro atoms. The van der Waals surface area contributed by atoms with Crippen molar-refractivity contribution in [1.29, 1.82) is 0 Å². The molecule has 7 N–H and O–H groups in total. The summed E-state index contributed by atoms with van der Waals surface area (Å²) >= 11 is 0. The predicted molar refractivity (Wildman–Crippen MR) is 305 cm³/mol. The lowest BCUT2D eigenvalue weighted by Crippen LogP contribution is -2.13. The number of terminal acetylenes is 1. The molecule has 0 saturated heterocycles. The van der Waals surface area contributed by atoms with E-state index in [0.717, 1.165) is 0 Å². The zero-order valence-electron chi connectivity index (χ0n) is 44.5. The fourth-order valence-corrected chi connectivity index (χ4v) is 9.06. The van der Waals surface area contributed by atoms with E-state index < -0.39 is 28.9 Å². The molecule has 16 heteroatoms. The third-order valence-electron chi connectivity index (χ3n) is 13.1. The number of benzene rings is 7. The van der Waals surface area contributed by atoms with Crippen molar-refractivity contribution in [3.8, 4) is 12.3 Å². The van der Waals surface area contributed by atoms with Gasteiger partial charge in [0, 0.05) is 83.5 Å². The Labute approximate surface area is 449 Å². The smallest absolute Gasteiger partial charge is 0.161 e. The summed E-state index contributed by atoms with van der Waals surface area (Å²) in [6.45, 7) is 13.3. The molecule has 7 aromatic rings. The summed E-state index contributed by atoms with van der Waals surface area (Å²) in [7, 11) is 0. The summed E-state index contributed by atoms with van der Waals surface area (Å²) in [5.41, 5.74) is 9.52. The number of hydrogen-bond acceptors (Lipinski definition) is 16. The Morgan fingerprint density at radius 1 is 0.359 bits per heavy atom. The Hall–Kier alpha value is -10.1. The lowest BCUT2D eigenvalue weighted by molar-refractivity contribution is 0.0981. The molecule has 78 heavy (non-hydrogen) atoms. The number of anilines is 11. The van der Waals surface area contributed by atoms with Crippen molar-refractivity contribution in [2.75, 3.05) is 32.3 Å². The highest BCUT2D eigenvalue weighted by atomic mass is 16.2. The second-order valence-corrected chi connectivity index (χ2v) is 18.8. The normalized spacial score (nSPS) is 10.7. The number of carbonyl (C=O) groups is 10. The molecule has 0 aromatic heterocycles. The van der Waals surface area contributed by atoms with Gasteiger partial charge in [-0.25, -0.2) is 0 Å². The Kier molecular flexibility index (Phi) is 15.9. The standard InChI is InChI=1S/C62H54N6O10/c1-12-45-52-28-55(66-53-21-17-39(29(2)69)25-51(53)38(11)78)59(67-54-26-40(30(3)70)16-19-47(54)34(7)74)60(68-58-48(35(8)75)14-13-15-49(58)36(9)76)56(52)61(64-43-18-20-46(33(6)73)50(27-43)37(10)77)62(57(45)63)65-44-23-41(31(4)71)22-42(24-44)32(5)72/h1,13-28,64-68H,63H2,2-11H3. The topological polar surface area (TPSA) is 257 Å². The Balaban J connectivity index is 1.78. The number of nitrogens with one attached hydrogen (secondary N) is 5. The molecule has 0 unspecified atom stereocenters. The zero-order valence-corrected chi connectivity index (χ0v) is 44.5. The average Bonchev–Trinajstić information content (AvgIpc) is 3.37.